The summed E-state index contributed by atoms with van der Waals surface area (Å²) in [5.41, 5.74) is 2.27. The standard InChI is InChI=1S/C29H37N3O6S/c1-4-37-23-8-11-27(38-5-2)25(18-23)30-28(33)20-12-14-31(15-13-20)39(35,36)24-9-10-26-22(17-24)16-19(3)32(26)29(34)21-6-7-21/h8-11,17-21H,4-7,12-16H2,1-3H3,(H,30,33)/t19-/m0/s1. The topological polar surface area (TPSA) is 105 Å². The van der Waals surface area contributed by atoms with Crippen molar-refractivity contribution >= 4 is 33.2 Å². The van der Waals surface area contributed by atoms with Gasteiger partial charge in [-0.2, -0.15) is 4.31 Å². The van der Waals surface area contributed by atoms with Crippen molar-refractivity contribution in [3.8, 4) is 11.5 Å². The molecule has 2 heterocycles. The summed E-state index contributed by atoms with van der Waals surface area (Å²) in [6, 6.07) is 10.5. The predicted octanol–water partition coefficient (Wildman–Crippen LogP) is 4.21. The van der Waals surface area contributed by atoms with E-state index in [1.807, 2.05) is 25.7 Å². The summed E-state index contributed by atoms with van der Waals surface area (Å²) in [5.74, 6) is 0.992. The first-order chi connectivity index (χ1) is 18.7. The van der Waals surface area contributed by atoms with E-state index in [1.165, 1.54) is 4.31 Å². The lowest BCUT2D eigenvalue weighted by Crippen LogP contribution is -2.41. The number of carbonyl (C=O) groups excluding carboxylic acids is 2. The van der Waals surface area contributed by atoms with Gasteiger partial charge >= 0.3 is 0 Å². The number of carbonyl (C=O) groups is 2. The second kappa shape index (κ2) is 11.2. The summed E-state index contributed by atoms with van der Waals surface area (Å²) in [7, 11) is -3.72. The third-order valence-corrected chi connectivity index (χ3v) is 9.61. The average Bonchev–Trinajstić information content (AvgIpc) is 3.72. The lowest BCUT2D eigenvalue weighted by Gasteiger charge is -2.31. The van der Waals surface area contributed by atoms with E-state index in [-0.39, 0.29) is 47.7 Å². The van der Waals surface area contributed by atoms with E-state index in [0.29, 0.717) is 49.7 Å². The van der Waals surface area contributed by atoms with E-state index in [2.05, 4.69) is 5.32 Å². The van der Waals surface area contributed by atoms with Crippen molar-refractivity contribution in [3.63, 3.8) is 0 Å². The number of fused-ring (bicyclic) bond motifs is 1. The minimum absolute atomic E-state index is 0.0257. The average molecular weight is 556 g/mol. The van der Waals surface area contributed by atoms with Crippen LogP contribution in [0.1, 0.15) is 52.0 Å². The van der Waals surface area contributed by atoms with Crippen LogP contribution in [0.5, 0.6) is 11.5 Å². The Morgan fingerprint density at radius 3 is 2.33 bits per heavy atom. The molecular weight excluding hydrogens is 518 g/mol. The number of amides is 2. The second-order valence-electron chi connectivity index (χ2n) is 10.5. The molecule has 2 amide bonds. The van der Waals surface area contributed by atoms with Crippen molar-refractivity contribution in [2.75, 3.05) is 36.5 Å². The molecule has 9 nitrogen and oxygen atoms in total. The van der Waals surface area contributed by atoms with Gasteiger partial charge in [0.25, 0.3) is 0 Å². The fourth-order valence-corrected chi connectivity index (χ4v) is 7.04. The third kappa shape index (κ3) is 5.63. The molecule has 0 bridgehead atoms. The Morgan fingerprint density at radius 2 is 1.67 bits per heavy atom. The van der Waals surface area contributed by atoms with Gasteiger partial charge in [-0.3, -0.25) is 9.59 Å². The van der Waals surface area contributed by atoms with Crippen molar-refractivity contribution < 1.29 is 27.5 Å². The number of nitrogens with one attached hydrogen (secondary N) is 1. The number of ether oxygens (including phenoxy) is 2. The molecule has 0 radical (unpaired) electrons. The van der Waals surface area contributed by atoms with Crippen molar-refractivity contribution in [1.82, 2.24) is 4.31 Å². The van der Waals surface area contributed by atoms with E-state index in [4.69, 9.17) is 9.47 Å². The predicted molar refractivity (Wildman–Crippen MR) is 149 cm³/mol. The highest BCUT2D eigenvalue weighted by molar-refractivity contribution is 7.89. The van der Waals surface area contributed by atoms with Gasteiger partial charge in [-0.25, -0.2) is 8.42 Å². The van der Waals surface area contributed by atoms with Gasteiger partial charge < -0.3 is 19.7 Å². The van der Waals surface area contributed by atoms with E-state index < -0.39 is 10.0 Å². The molecule has 2 aromatic rings. The molecule has 0 aromatic heterocycles. The number of piperidine rings is 1. The quantitative estimate of drug-likeness (QED) is 0.497. The number of hydrogen-bond donors (Lipinski definition) is 1. The number of anilines is 2. The lowest BCUT2D eigenvalue weighted by molar-refractivity contribution is -0.121. The first kappa shape index (κ1) is 27.5. The largest absolute Gasteiger partial charge is 0.494 e. The number of benzene rings is 2. The zero-order valence-electron chi connectivity index (χ0n) is 22.8. The van der Waals surface area contributed by atoms with Crippen molar-refractivity contribution in [2.24, 2.45) is 11.8 Å². The van der Waals surface area contributed by atoms with Gasteiger partial charge in [0.05, 0.1) is 23.8 Å². The van der Waals surface area contributed by atoms with Gasteiger partial charge in [-0.1, -0.05) is 0 Å². The molecule has 10 heteroatoms. The molecule has 210 valence electrons. The molecule has 2 fully saturated rings. The highest BCUT2D eigenvalue weighted by Crippen LogP contribution is 2.40. The molecule has 5 rings (SSSR count). The van der Waals surface area contributed by atoms with Crippen molar-refractivity contribution in [2.45, 2.75) is 63.8 Å². The molecule has 0 unspecified atom stereocenters. The Kier molecular flexibility index (Phi) is 7.87. The van der Waals surface area contributed by atoms with Crippen LogP contribution in [-0.4, -0.2) is 56.9 Å². The molecule has 1 aliphatic carbocycles. The fraction of sp³-hybridized carbons (Fsp3) is 0.517. The maximum absolute atomic E-state index is 13.5. The van der Waals surface area contributed by atoms with Gasteiger partial charge in [0.1, 0.15) is 11.5 Å². The number of hydrogen-bond acceptors (Lipinski definition) is 6. The van der Waals surface area contributed by atoms with Gasteiger partial charge in [-0.15, -0.1) is 0 Å². The molecule has 1 N–H and O–H groups in total. The molecule has 1 saturated heterocycles. The van der Waals surface area contributed by atoms with Gasteiger partial charge in [0.15, 0.2) is 0 Å². The first-order valence-electron chi connectivity index (χ1n) is 13.9. The Morgan fingerprint density at radius 1 is 0.949 bits per heavy atom. The van der Waals surface area contributed by atoms with E-state index in [0.717, 1.165) is 24.1 Å². The lowest BCUT2D eigenvalue weighted by atomic mass is 9.97. The summed E-state index contributed by atoms with van der Waals surface area (Å²) in [5, 5.41) is 2.96. The molecular formula is C29H37N3O6S. The summed E-state index contributed by atoms with van der Waals surface area (Å²) in [6.07, 6.45) is 3.36. The van der Waals surface area contributed by atoms with Gasteiger partial charge in [-0.05, 0) is 88.8 Å². The van der Waals surface area contributed by atoms with Crippen LogP contribution in [0.2, 0.25) is 0 Å². The molecule has 0 spiro atoms. The highest BCUT2D eigenvalue weighted by atomic mass is 32.2. The van der Waals surface area contributed by atoms with Crippen LogP contribution in [0.15, 0.2) is 41.3 Å². The zero-order chi connectivity index (χ0) is 27.7. The summed E-state index contributed by atoms with van der Waals surface area (Å²) >= 11 is 0. The first-order valence-corrected chi connectivity index (χ1v) is 15.3. The number of rotatable bonds is 9. The molecule has 2 aromatic carbocycles. The van der Waals surface area contributed by atoms with Crippen molar-refractivity contribution in [1.29, 1.82) is 0 Å². The minimum atomic E-state index is -3.72. The minimum Gasteiger partial charge on any atom is -0.494 e. The van der Waals surface area contributed by atoms with Gasteiger partial charge in [0.2, 0.25) is 21.8 Å². The van der Waals surface area contributed by atoms with E-state index in [1.54, 1.807) is 36.4 Å². The zero-order valence-corrected chi connectivity index (χ0v) is 23.6. The molecule has 1 saturated carbocycles. The Labute approximate surface area is 230 Å². The van der Waals surface area contributed by atoms with Crippen LogP contribution in [0.25, 0.3) is 0 Å². The molecule has 2 aliphatic heterocycles. The number of sulfonamides is 1. The molecule has 3 aliphatic rings. The highest BCUT2D eigenvalue weighted by Gasteiger charge is 2.40. The third-order valence-electron chi connectivity index (χ3n) is 7.71. The van der Waals surface area contributed by atoms with Crippen LogP contribution in [0.3, 0.4) is 0 Å². The van der Waals surface area contributed by atoms with Crippen molar-refractivity contribution in [3.05, 3.63) is 42.0 Å². The molecule has 1 atom stereocenters. The SMILES string of the molecule is CCOc1ccc(OCC)c(NC(=O)C2CCN(S(=O)(=O)c3ccc4c(c3)C[C@H](C)N4C(=O)C3CC3)CC2)c1. The maximum Gasteiger partial charge on any atom is 0.243 e. The fourth-order valence-electron chi connectivity index (χ4n) is 5.52. The Hall–Kier alpha value is -3.11. The van der Waals surface area contributed by atoms with Gasteiger partial charge in [0, 0.05) is 42.7 Å². The van der Waals surface area contributed by atoms with E-state index >= 15 is 0 Å². The maximum atomic E-state index is 13.5. The Bertz CT molecular complexity index is 1350. The Balaban J connectivity index is 1.24. The second-order valence-corrected chi connectivity index (χ2v) is 12.5. The summed E-state index contributed by atoms with van der Waals surface area (Å²) < 4.78 is 39.7. The normalized spacial score (nSPS) is 20.0. The van der Waals surface area contributed by atoms with Crippen LogP contribution < -0.4 is 19.7 Å². The van der Waals surface area contributed by atoms with Crippen LogP contribution in [0.4, 0.5) is 11.4 Å². The monoisotopic (exact) mass is 555 g/mol. The van der Waals surface area contributed by atoms with Crippen LogP contribution in [0, 0.1) is 11.8 Å². The van der Waals surface area contributed by atoms with Crippen LogP contribution >= 0.6 is 0 Å². The smallest absolute Gasteiger partial charge is 0.243 e. The summed E-state index contributed by atoms with van der Waals surface area (Å²) in [6.45, 7) is 7.27. The molecule has 39 heavy (non-hydrogen) atoms. The van der Waals surface area contributed by atoms with Crippen LogP contribution in [-0.2, 0) is 26.0 Å². The van der Waals surface area contributed by atoms with E-state index in [9.17, 15) is 18.0 Å². The summed E-state index contributed by atoms with van der Waals surface area (Å²) in [4.78, 5) is 28.0. The number of nitrogens with zero attached hydrogens (tertiary/aromatic N) is 2.